The molecule has 3 heteroatoms. The van der Waals surface area contributed by atoms with E-state index in [0.717, 1.165) is 18.1 Å². The zero-order valence-electron chi connectivity index (χ0n) is 11.5. The van der Waals surface area contributed by atoms with E-state index in [1.165, 1.54) is 0 Å². The zero-order chi connectivity index (χ0) is 12.3. The second kappa shape index (κ2) is 4.98. The number of aliphatic hydroxyl groups is 1. The van der Waals surface area contributed by atoms with Crippen molar-refractivity contribution < 1.29 is 9.53 Å². The summed E-state index contributed by atoms with van der Waals surface area (Å²) in [4.78, 5) is 0. The van der Waals surface area contributed by atoms with Crippen LogP contribution in [-0.2, 0) is 4.43 Å². The van der Waals surface area contributed by atoms with Gasteiger partial charge in [-0.2, -0.15) is 0 Å². The van der Waals surface area contributed by atoms with Crippen molar-refractivity contribution in [3.63, 3.8) is 0 Å². The first-order chi connectivity index (χ1) is 6.64. The van der Waals surface area contributed by atoms with Crippen molar-refractivity contribution in [2.24, 2.45) is 0 Å². The number of rotatable bonds is 6. The van der Waals surface area contributed by atoms with Crippen LogP contribution in [0.1, 0.15) is 48.5 Å². The summed E-state index contributed by atoms with van der Waals surface area (Å²) in [6, 6.07) is 3.37. The maximum Gasteiger partial charge on any atom is 0.192 e. The zero-order valence-corrected chi connectivity index (χ0v) is 12.5. The highest BCUT2D eigenvalue weighted by atomic mass is 28.4. The molecule has 0 aliphatic heterocycles. The third-order valence-electron chi connectivity index (χ3n) is 3.88. The lowest BCUT2D eigenvalue weighted by Crippen LogP contribution is -2.54. The third-order valence-corrected chi connectivity index (χ3v) is 8.69. The molecule has 0 bridgehead atoms. The fraction of sp³-hybridized carbons (Fsp3) is 1.00. The Labute approximate surface area is 96.2 Å². The van der Waals surface area contributed by atoms with Crippen LogP contribution in [0.4, 0.5) is 0 Å². The molecule has 0 saturated carbocycles. The van der Waals surface area contributed by atoms with Gasteiger partial charge >= 0.3 is 0 Å². The van der Waals surface area contributed by atoms with Crippen LogP contribution in [0.3, 0.4) is 0 Å². The highest BCUT2D eigenvalue weighted by molar-refractivity contribution is 6.73. The molecule has 0 fully saturated rings. The van der Waals surface area contributed by atoms with E-state index in [1.54, 1.807) is 0 Å². The van der Waals surface area contributed by atoms with Crippen LogP contribution in [-0.4, -0.2) is 24.6 Å². The smallest absolute Gasteiger partial charge is 0.192 e. The van der Waals surface area contributed by atoms with Crippen LogP contribution in [0.25, 0.3) is 0 Å². The molecule has 1 N–H and O–H groups in total. The first-order valence-electron chi connectivity index (χ1n) is 6.06. The van der Waals surface area contributed by atoms with Gasteiger partial charge in [-0.1, -0.05) is 20.8 Å². The molecule has 0 rings (SSSR count). The Bertz CT molecular complexity index is 182. The lowest BCUT2D eigenvalue weighted by Gasteiger charge is -2.44. The van der Waals surface area contributed by atoms with Crippen LogP contribution in [0.2, 0.25) is 18.1 Å². The van der Waals surface area contributed by atoms with E-state index in [-0.39, 0.29) is 0 Å². The summed E-state index contributed by atoms with van der Waals surface area (Å²) in [6.45, 7) is 14.3. The van der Waals surface area contributed by atoms with E-state index >= 15 is 0 Å². The Kier molecular flexibility index (Phi) is 5.02. The summed E-state index contributed by atoms with van der Waals surface area (Å²) in [7, 11) is -1.62. The molecule has 0 atom stereocenters. The summed E-state index contributed by atoms with van der Waals surface area (Å²) in [5.41, 5.74) is -1.24. The lowest BCUT2D eigenvalue weighted by molar-refractivity contribution is -0.0971. The Hall–Kier alpha value is 0.137. The minimum absolute atomic E-state index is 0.457. The normalized spacial score (nSPS) is 14.4. The Morgan fingerprint density at radius 3 is 1.47 bits per heavy atom. The van der Waals surface area contributed by atoms with Crippen LogP contribution in [0, 0.1) is 0 Å². The summed E-state index contributed by atoms with van der Waals surface area (Å²) in [5.74, 6) is 0. The molecule has 0 aromatic heterocycles. The standard InChI is InChI=1S/C12H28O2Si/c1-8-15(9-2,10-3)14-12(6,7)11(4,5)13/h13H,8-10H2,1-7H3. The van der Waals surface area contributed by atoms with Gasteiger partial charge in [0.05, 0.1) is 11.2 Å². The molecule has 15 heavy (non-hydrogen) atoms. The molecule has 0 spiro atoms. The summed E-state index contributed by atoms with van der Waals surface area (Å²) < 4.78 is 6.33. The molecule has 0 amide bonds. The van der Waals surface area contributed by atoms with Crippen LogP contribution < -0.4 is 0 Å². The van der Waals surface area contributed by atoms with E-state index in [2.05, 4.69) is 20.8 Å². The molecular weight excluding hydrogens is 204 g/mol. The fourth-order valence-corrected chi connectivity index (χ4v) is 4.90. The molecule has 0 heterocycles. The van der Waals surface area contributed by atoms with Crippen molar-refractivity contribution in [1.82, 2.24) is 0 Å². The van der Waals surface area contributed by atoms with E-state index in [1.807, 2.05) is 27.7 Å². The predicted octanol–water partition coefficient (Wildman–Crippen LogP) is 3.56. The molecule has 92 valence electrons. The van der Waals surface area contributed by atoms with Gasteiger partial charge in [-0.15, -0.1) is 0 Å². The third kappa shape index (κ3) is 3.57. The van der Waals surface area contributed by atoms with Gasteiger partial charge in [-0.05, 0) is 45.8 Å². The van der Waals surface area contributed by atoms with E-state index in [9.17, 15) is 5.11 Å². The topological polar surface area (TPSA) is 29.5 Å². The minimum atomic E-state index is -1.62. The van der Waals surface area contributed by atoms with E-state index in [4.69, 9.17) is 4.43 Å². The van der Waals surface area contributed by atoms with E-state index in [0.29, 0.717) is 0 Å². The van der Waals surface area contributed by atoms with Gasteiger partial charge in [0.25, 0.3) is 0 Å². The van der Waals surface area contributed by atoms with Crippen molar-refractivity contribution >= 4 is 8.32 Å². The first-order valence-corrected chi connectivity index (χ1v) is 8.59. The molecule has 2 nitrogen and oxygen atoms in total. The van der Waals surface area contributed by atoms with Gasteiger partial charge in [0.1, 0.15) is 0 Å². The van der Waals surface area contributed by atoms with Gasteiger partial charge in [-0.25, -0.2) is 0 Å². The Morgan fingerprint density at radius 1 is 0.933 bits per heavy atom. The summed E-state index contributed by atoms with van der Waals surface area (Å²) in [6.07, 6.45) is 0. The van der Waals surface area contributed by atoms with Gasteiger partial charge < -0.3 is 9.53 Å². The van der Waals surface area contributed by atoms with Gasteiger partial charge in [0.15, 0.2) is 8.32 Å². The molecule has 0 unspecified atom stereocenters. The van der Waals surface area contributed by atoms with E-state index < -0.39 is 19.5 Å². The van der Waals surface area contributed by atoms with Crippen molar-refractivity contribution in [3.05, 3.63) is 0 Å². The van der Waals surface area contributed by atoms with Crippen molar-refractivity contribution in [3.8, 4) is 0 Å². The molecule has 0 aromatic carbocycles. The number of hydrogen-bond donors (Lipinski definition) is 1. The van der Waals surface area contributed by atoms with Crippen molar-refractivity contribution in [1.29, 1.82) is 0 Å². The molecule has 0 radical (unpaired) electrons. The molecule has 0 aromatic rings. The highest BCUT2D eigenvalue weighted by Gasteiger charge is 2.43. The highest BCUT2D eigenvalue weighted by Crippen LogP contribution is 2.33. The first kappa shape index (κ1) is 15.1. The van der Waals surface area contributed by atoms with Gasteiger partial charge in [0.2, 0.25) is 0 Å². The van der Waals surface area contributed by atoms with Crippen molar-refractivity contribution in [2.45, 2.75) is 77.8 Å². The lowest BCUT2D eigenvalue weighted by atomic mass is 9.90. The molecule has 0 saturated heterocycles. The fourth-order valence-electron chi connectivity index (χ4n) is 1.63. The maximum atomic E-state index is 10.1. The van der Waals surface area contributed by atoms with Gasteiger partial charge in [-0.3, -0.25) is 0 Å². The summed E-state index contributed by atoms with van der Waals surface area (Å²) in [5, 5.41) is 10.1. The maximum absolute atomic E-state index is 10.1. The summed E-state index contributed by atoms with van der Waals surface area (Å²) >= 11 is 0. The molecule has 0 aliphatic rings. The minimum Gasteiger partial charge on any atom is -0.409 e. The second-order valence-corrected chi connectivity index (χ2v) is 10.1. The Morgan fingerprint density at radius 2 is 1.27 bits per heavy atom. The monoisotopic (exact) mass is 232 g/mol. The largest absolute Gasteiger partial charge is 0.409 e. The second-order valence-electron chi connectivity index (χ2n) is 5.42. The predicted molar refractivity (Wildman–Crippen MR) is 68.7 cm³/mol. The SMILES string of the molecule is CC[Si](CC)(CC)OC(C)(C)C(C)(C)O. The Balaban J connectivity index is 4.82. The van der Waals surface area contributed by atoms with Crippen LogP contribution in [0.15, 0.2) is 0 Å². The van der Waals surface area contributed by atoms with Crippen molar-refractivity contribution in [2.75, 3.05) is 0 Å². The quantitative estimate of drug-likeness (QED) is 0.710. The molecular formula is C12H28O2Si. The number of hydrogen-bond acceptors (Lipinski definition) is 2. The molecule has 0 aliphatic carbocycles. The average molecular weight is 232 g/mol. The van der Waals surface area contributed by atoms with Crippen LogP contribution >= 0.6 is 0 Å². The van der Waals surface area contributed by atoms with Gasteiger partial charge in [0, 0.05) is 0 Å². The van der Waals surface area contributed by atoms with Crippen LogP contribution in [0.5, 0.6) is 0 Å². The average Bonchev–Trinajstić information content (AvgIpc) is 2.12.